The van der Waals surface area contributed by atoms with Gasteiger partial charge in [-0.3, -0.25) is 4.90 Å². The lowest BCUT2D eigenvalue weighted by Crippen LogP contribution is -2.59. The van der Waals surface area contributed by atoms with Crippen LogP contribution >= 0.6 is 0 Å². The van der Waals surface area contributed by atoms with E-state index in [0.29, 0.717) is 12.1 Å². The fraction of sp³-hybridized carbons (Fsp3) is 0.520. The lowest BCUT2D eigenvalue weighted by atomic mass is 10.0. The molecule has 3 atom stereocenters. The van der Waals surface area contributed by atoms with Crippen molar-refractivity contribution in [2.24, 2.45) is 4.99 Å². The maximum Gasteiger partial charge on any atom is 0.199 e. The first kappa shape index (κ1) is 20.1. The van der Waals surface area contributed by atoms with Gasteiger partial charge in [-0.1, -0.05) is 0 Å². The van der Waals surface area contributed by atoms with E-state index in [0.717, 1.165) is 36.6 Å². The van der Waals surface area contributed by atoms with Crippen LogP contribution in [0.1, 0.15) is 50.7 Å². The van der Waals surface area contributed by atoms with Crippen LogP contribution in [0.4, 0.5) is 0 Å². The fourth-order valence-corrected chi connectivity index (χ4v) is 5.60. The Labute approximate surface area is 184 Å². The van der Waals surface area contributed by atoms with E-state index < -0.39 is 0 Å². The van der Waals surface area contributed by atoms with Gasteiger partial charge in [0.05, 0.1) is 17.7 Å². The highest BCUT2D eigenvalue weighted by molar-refractivity contribution is 5.85. The number of guanidine groups is 1. The van der Waals surface area contributed by atoms with Gasteiger partial charge in [0.1, 0.15) is 0 Å². The van der Waals surface area contributed by atoms with Crippen molar-refractivity contribution < 1.29 is 0 Å². The number of rotatable bonds is 5. The minimum Gasteiger partial charge on any atom is -0.361 e. The third-order valence-electron chi connectivity index (χ3n) is 7.00. The van der Waals surface area contributed by atoms with Crippen LogP contribution in [0.15, 0.2) is 41.2 Å². The molecule has 2 bridgehead atoms. The largest absolute Gasteiger partial charge is 0.361 e. The summed E-state index contributed by atoms with van der Waals surface area (Å²) in [6.07, 6.45) is 10.3. The van der Waals surface area contributed by atoms with Crippen LogP contribution in [0.5, 0.6) is 0 Å². The van der Waals surface area contributed by atoms with E-state index in [4.69, 9.17) is 4.99 Å². The van der Waals surface area contributed by atoms with Gasteiger partial charge in [-0.15, -0.1) is 0 Å². The molecule has 162 valence electrons. The Kier molecular flexibility index (Phi) is 5.45. The smallest absolute Gasteiger partial charge is 0.199 e. The Balaban J connectivity index is 1.14. The van der Waals surface area contributed by atoms with E-state index in [1.54, 1.807) is 0 Å². The van der Waals surface area contributed by atoms with Gasteiger partial charge in [0.15, 0.2) is 5.96 Å². The molecule has 5 rings (SSSR count). The predicted molar refractivity (Wildman–Crippen MR) is 125 cm³/mol. The van der Waals surface area contributed by atoms with Crippen LogP contribution in [-0.4, -0.2) is 58.5 Å². The molecule has 2 saturated heterocycles. The summed E-state index contributed by atoms with van der Waals surface area (Å²) in [6.45, 7) is 7.76. The van der Waals surface area contributed by atoms with Crippen molar-refractivity contribution >= 4 is 16.9 Å². The van der Waals surface area contributed by atoms with Crippen LogP contribution < -0.4 is 5.32 Å². The predicted octanol–water partition coefficient (Wildman–Crippen LogP) is 3.76. The van der Waals surface area contributed by atoms with Crippen molar-refractivity contribution in [3.63, 3.8) is 0 Å². The normalized spacial score (nSPS) is 25.8. The number of aromatic amines is 1. The Bertz CT molecular complexity index is 1040. The van der Waals surface area contributed by atoms with Crippen molar-refractivity contribution in [3.05, 3.63) is 47.3 Å². The molecule has 3 unspecified atom stereocenters. The fourth-order valence-electron chi connectivity index (χ4n) is 5.60. The first-order valence-electron chi connectivity index (χ1n) is 11.6. The average Bonchev–Trinajstić information content (AvgIpc) is 3.28. The summed E-state index contributed by atoms with van der Waals surface area (Å²) in [5, 5.41) is 13.9. The van der Waals surface area contributed by atoms with Crippen molar-refractivity contribution in [2.75, 3.05) is 19.6 Å². The van der Waals surface area contributed by atoms with Crippen LogP contribution in [0.2, 0.25) is 0 Å². The zero-order valence-electron chi connectivity index (χ0n) is 18.6. The number of benzene rings is 1. The molecular formula is C25H32N6. The standard InChI is InChI=1S/C25H32N6/c1-17-11-18(2)29-25(28-17)31-21-7-8-22(31)16-30(15-21)10-4-3-5-20-14-27-24-9-6-19(13-26)12-23(20)24/h6,9,11-12,14,17,21-22,27H,3-5,7-8,10,15-16H2,1-2H3,(H,28,29). The van der Waals surface area contributed by atoms with Gasteiger partial charge in [-0.25, -0.2) is 4.99 Å². The number of piperazine rings is 1. The number of unbranched alkanes of at least 4 members (excludes halogenated alkanes) is 1. The molecule has 2 aromatic rings. The van der Waals surface area contributed by atoms with E-state index in [-0.39, 0.29) is 6.04 Å². The molecule has 0 aliphatic carbocycles. The summed E-state index contributed by atoms with van der Waals surface area (Å²) < 4.78 is 0. The Morgan fingerprint density at radius 3 is 2.74 bits per heavy atom. The molecule has 3 aliphatic heterocycles. The topological polar surface area (TPSA) is 70.4 Å². The number of likely N-dealkylation sites (tertiary alicyclic amines) is 1. The van der Waals surface area contributed by atoms with E-state index >= 15 is 0 Å². The number of H-pyrrole nitrogens is 1. The second-order valence-corrected chi connectivity index (χ2v) is 9.36. The van der Waals surface area contributed by atoms with Crippen LogP contribution in [0.25, 0.3) is 10.9 Å². The number of aryl methyl sites for hydroxylation is 1. The minimum atomic E-state index is 0.266. The van der Waals surface area contributed by atoms with Crippen molar-refractivity contribution in [3.8, 4) is 6.07 Å². The summed E-state index contributed by atoms with van der Waals surface area (Å²) >= 11 is 0. The van der Waals surface area contributed by atoms with Crippen LogP contribution in [-0.2, 0) is 6.42 Å². The molecular weight excluding hydrogens is 384 g/mol. The second kappa shape index (κ2) is 8.39. The molecule has 0 saturated carbocycles. The van der Waals surface area contributed by atoms with Gasteiger partial charge in [0.2, 0.25) is 0 Å². The summed E-state index contributed by atoms with van der Waals surface area (Å²) in [5.41, 5.74) is 4.41. The third-order valence-corrected chi connectivity index (χ3v) is 7.00. The number of nitrogens with zero attached hydrogens (tertiary/aromatic N) is 4. The number of fused-ring (bicyclic) bond motifs is 3. The molecule has 0 radical (unpaired) electrons. The molecule has 31 heavy (non-hydrogen) atoms. The first-order valence-corrected chi connectivity index (χ1v) is 11.6. The summed E-state index contributed by atoms with van der Waals surface area (Å²) in [5.74, 6) is 1.09. The maximum atomic E-state index is 9.18. The van der Waals surface area contributed by atoms with Gasteiger partial charge in [0, 0.05) is 48.0 Å². The number of aliphatic imine (C=N–C) groups is 1. The lowest BCUT2D eigenvalue weighted by Gasteiger charge is -2.43. The first-order chi connectivity index (χ1) is 15.1. The zero-order valence-corrected chi connectivity index (χ0v) is 18.6. The van der Waals surface area contributed by atoms with E-state index in [1.165, 1.54) is 48.9 Å². The third kappa shape index (κ3) is 4.07. The number of hydrogen-bond donors (Lipinski definition) is 2. The summed E-state index contributed by atoms with van der Waals surface area (Å²) in [7, 11) is 0. The van der Waals surface area contributed by atoms with Gasteiger partial charge in [-0.2, -0.15) is 5.26 Å². The van der Waals surface area contributed by atoms with Crippen LogP contribution in [0.3, 0.4) is 0 Å². The van der Waals surface area contributed by atoms with Gasteiger partial charge in [0.25, 0.3) is 0 Å². The number of hydrogen-bond acceptors (Lipinski definition) is 5. The molecule has 6 nitrogen and oxygen atoms in total. The molecule has 2 fully saturated rings. The molecule has 1 aromatic heterocycles. The highest BCUT2D eigenvalue weighted by Crippen LogP contribution is 2.31. The lowest BCUT2D eigenvalue weighted by molar-refractivity contribution is 0.116. The monoisotopic (exact) mass is 416 g/mol. The Hall–Kier alpha value is -2.78. The average molecular weight is 417 g/mol. The van der Waals surface area contributed by atoms with Crippen molar-refractivity contribution in [1.29, 1.82) is 5.26 Å². The Morgan fingerprint density at radius 1 is 1.19 bits per heavy atom. The molecule has 0 amide bonds. The second-order valence-electron chi connectivity index (χ2n) is 9.36. The molecule has 0 spiro atoms. The minimum absolute atomic E-state index is 0.266. The SMILES string of the molecule is CC1=CC(C)N=C(N2C3CCC2CN(CCCCc2c[nH]c4ccc(C#N)cc24)C3)N1. The van der Waals surface area contributed by atoms with Crippen LogP contribution in [0, 0.1) is 11.3 Å². The van der Waals surface area contributed by atoms with E-state index in [9.17, 15) is 5.26 Å². The summed E-state index contributed by atoms with van der Waals surface area (Å²) in [6, 6.07) is 9.59. The van der Waals surface area contributed by atoms with E-state index in [2.05, 4.69) is 52.3 Å². The number of nitrogens with one attached hydrogen (secondary N) is 2. The quantitative estimate of drug-likeness (QED) is 0.728. The van der Waals surface area contributed by atoms with Gasteiger partial charge in [-0.05, 0) is 82.3 Å². The number of aromatic nitrogens is 1. The van der Waals surface area contributed by atoms with Crippen molar-refractivity contribution in [2.45, 2.75) is 64.1 Å². The summed E-state index contributed by atoms with van der Waals surface area (Å²) in [4.78, 5) is 13.5. The number of nitriles is 1. The highest BCUT2D eigenvalue weighted by atomic mass is 15.4. The Morgan fingerprint density at radius 2 is 2.00 bits per heavy atom. The van der Waals surface area contributed by atoms with E-state index in [1.807, 2.05) is 18.2 Å². The zero-order chi connectivity index (χ0) is 21.4. The van der Waals surface area contributed by atoms with Gasteiger partial charge >= 0.3 is 0 Å². The molecule has 4 heterocycles. The maximum absolute atomic E-state index is 9.18. The van der Waals surface area contributed by atoms with Gasteiger partial charge < -0.3 is 15.2 Å². The highest BCUT2D eigenvalue weighted by Gasteiger charge is 2.41. The van der Waals surface area contributed by atoms with Crippen molar-refractivity contribution in [1.82, 2.24) is 20.1 Å². The number of allylic oxidation sites excluding steroid dienone is 1. The molecule has 3 aliphatic rings. The molecule has 2 N–H and O–H groups in total. The molecule has 6 heteroatoms. The molecule has 1 aromatic carbocycles.